The molecule has 1 atom stereocenters. The first kappa shape index (κ1) is 24.8. The molecular formula is C21H27F3N4O2S. The second-order valence-electron chi connectivity index (χ2n) is 7.49. The molecule has 0 saturated heterocycles. The molecule has 1 heterocycles. The van der Waals surface area contributed by atoms with Crippen LogP contribution < -0.4 is 5.32 Å². The van der Waals surface area contributed by atoms with E-state index in [0.717, 1.165) is 35.1 Å². The van der Waals surface area contributed by atoms with Crippen molar-refractivity contribution in [2.75, 3.05) is 19.8 Å². The van der Waals surface area contributed by atoms with Gasteiger partial charge in [0, 0.05) is 41.7 Å². The summed E-state index contributed by atoms with van der Waals surface area (Å²) in [7, 11) is -1.54. The predicted molar refractivity (Wildman–Crippen MR) is 119 cm³/mol. The molecule has 0 radical (unpaired) electrons. The van der Waals surface area contributed by atoms with E-state index in [1.54, 1.807) is 18.2 Å². The van der Waals surface area contributed by atoms with Crippen molar-refractivity contribution in [1.29, 1.82) is 0 Å². The van der Waals surface area contributed by atoms with Gasteiger partial charge in [-0.25, -0.2) is 8.42 Å². The van der Waals surface area contributed by atoms with Crippen molar-refractivity contribution >= 4 is 33.7 Å². The number of hydrogen-bond donors (Lipinski definition) is 1. The van der Waals surface area contributed by atoms with E-state index in [1.807, 2.05) is 17.7 Å². The number of sulfone groups is 1. The molecule has 31 heavy (non-hydrogen) atoms. The Labute approximate surface area is 180 Å². The summed E-state index contributed by atoms with van der Waals surface area (Å²) in [6.45, 7) is 7.62. The van der Waals surface area contributed by atoms with Crippen LogP contribution in [-0.2, 0) is 16.4 Å². The molecule has 2 rings (SSSR count). The average Bonchev–Trinajstić information content (AvgIpc) is 3.00. The maximum atomic E-state index is 12.7. The van der Waals surface area contributed by atoms with Gasteiger partial charge < -0.3 is 9.88 Å². The number of rotatable bonds is 9. The summed E-state index contributed by atoms with van der Waals surface area (Å²) >= 11 is 0. The van der Waals surface area contributed by atoms with Crippen LogP contribution in [0.4, 0.5) is 13.2 Å². The monoisotopic (exact) mass is 456 g/mol. The highest BCUT2D eigenvalue weighted by molar-refractivity contribution is 7.90. The number of nitrogens with zero attached hydrogens (tertiary/aromatic N) is 3. The molecule has 0 spiro atoms. The first-order valence-electron chi connectivity index (χ1n) is 9.64. The highest BCUT2D eigenvalue weighted by Gasteiger charge is 2.32. The zero-order valence-corrected chi connectivity index (χ0v) is 18.8. The number of halogens is 3. The van der Waals surface area contributed by atoms with Crippen molar-refractivity contribution in [3.63, 3.8) is 0 Å². The normalized spacial score (nSPS) is 14.6. The van der Waals surface area contributed by atoms with E-state index in [9.17, 15) is 21.6 Å². The number of benzene rings is 1. The Bertz CT molecular complexity index is 1100. The van der Waals surface area contributed by atoms with Crippen molar-refractivity contribution in [2.24, 2.45) is 15.9 Å². The molecule has 1 aromatic heterocycles. The van der Waals surface area contributed by atoms with Crippen molar-refractivity contribution in [3.05, 3.63) is 41.7 Å². The van der Waals surface area contributed by atoms with Gasteiger partial charge in [0.2, 0.25) is 0 Å². The van der Waals surface area contributed by atoms with Crippen LogP contribution >= 0.6 is 0 Å². The van der Waals surface area contributed by atoms with E-state index in [-0.39, 0.29) is 23.4 Å². The first-order valence-corrected chi connectivity index (χ1v) is 11.5. The van der Waals surface area contributed by atoms with Gasteiger partial charge in [-0.1, -0.05) is 19.9 Å². The third-order valence-electron chi connectivity index (χ3n) is 4.88. The van der Waals surface area contributed by atoms with E-state index >= 15 is 0 Å². The molecule has 0 fully saturated rings. The summed E-state index contributed by atoms with van der Waals surface area (Å²) in [5.74, 6) is 0.252. The lowest BCUT2D eigenvalue weighted by molar-refractivity contribution is -0.0920. The lowest BCUT2D eigenvalue weighted by Crippen LogP contribution is -2.25. The van der Waals surface area contributed by atoms with Crippen LogP contribution in [0.2, 0.25) is 0 Å². The number of fused-ring (bicyclic) bond motifs is 1. The summed E-state index contributed by atoms with van der Waals surface area (Å²) in [6, 6.07) is 6.94. The fraction of sp³-hybridized carbons (Fsp3) is 0.429. The summed E-state index contributed by atoms with van der Waals surface area (Å²) in [5.41, 5.74) is 0.567. The second-order valence-corrected chi connectivity index (χ2v) is 9.50. The van der Waals surface area contributed by atoms with Crippen LogP contribution in [0.5, 0.6) is 0 Å². The Kier molecular flexibility index (Phi) is 7.82. The molecule has 0 aliphatic rings. The minimum atomic E-state index is -4.59. The van der Waals surface area contributed by atoms with Crippen molar-refractivity contribution in [1.82, 2.24) is 9.88 Å². The molecule has 170 valence electrons. The molecule has 2 aromatic rings. The number of aliphatic imine (C=N–C) groups is 2. The minimum absolute atomic E-state index is 0.000225. The zero-order chi connectivity index (χ0) is 23.4. The fourth-order valence-electron chi connectivity index (χ4n) is 3.41. The summed E-state index contributed by atoms with van der Waals surface area (Å²) in [4.78, 5) is 7.22. The summed E-state index contributed by atoms with van der Waals surface area (Å²) in [5, 5.41) is 4.15. The van der Waals surface area contributed by atoms with Gasteiger partial charge >= 0.3 is 6.18 Å². The third-order valence-corrected chi connectivity index (χ3v) is 5.99. The van der Waals surface area contributed by atoms with E-state index in [2.05, 4.69) is 35.9 Å². The fourth-order valence-corrected chi connectivity index (χ4v) is 4.05. The largest absolute Gasteiger partial charge is 0.433 e. The van der Waals surface area contributed by atoms with Gasteiger partial charge in [-0.3, -0.25) is 9.98 Å². The van der Waals surface area contributed by atoms with Gasteiger partial charge in [-0.15, -0.1) is 0 Å². The van der Waals surface area contributed by atoms with E-state index in [4.69, 9.17) is 0 Å². The van der Waals surface area contributed by atoms with Crippen LogP contribution in [-0.4, -0.2) is 51.9 Å². The SMILES string of the molecule is C=N/C(=C\C=NCCn1c(C(NC)C(C)C)cc2ccc(S(C)(=O)=O)cc21)C(F)(F)F. The minimum Gasteiger partial charge on any atom is -0.341 e. The number of nitrogens with one attached hydrogen (secondary N) is 1. The molecule has 1 unspecified atom stereocenters. The Morgan fingerprint density at radius 2 is 1.97 bits per heavy atom. The van der Waals surface area contributed by atoms with Crippen LogP contribution in [0.25, 0.3) is 10.9 Å². The maximum Gasteiger partial charge on any atom is 0.433 e. The quantitative estimate of drug-likeness (QED) is 0.575. The molecule has 0 aliphatic carbocycles. The summed E-state index contributed by atoms with van der Waals surface area (Å²) < 4.78 is 64.1. The molecule has 0 saturated carbocycles. The van der Waals surface area contributed by atoms with Crippen molar-refractivity contribution in [3.8, 4) is 0 Å². The molecule has 6 nitrogen and oxygen atoms in total. The lowest BCUT2D eigenvalue weighted by atomic mass is 10.0. The van der Waals surface area contributed by atoms with E-state index < -0.39 is 21.7 Å². The van der Waals surface area contributed by atoms with Crippen LogP contribution in [0.15, 0.2) is 50.9 Å². The van der Waals surface area contributed by atoms with Crippen molar-refractivity contribution < 1.29 is 21.6 Å². The maximum absolute atomic E-state index is 12.7. The number of aromatic nitrogens is 1. The Hall–Kier alpha value is -2.46. The third kappa shape index (κ3) is 6.04. The van der Waals surface area contributed by atoms with Gasteiger partial charge in [0.05, 0.1) is 11.4 Å². The number of alkyl halides is 3. The van der Waals surface area contributed by atoms with E-state index in [1.165, 1.54) is 0 Å². The van der Waals surface area contributed by atoms with Gasteiger partial charge in [0.15, 0.2) is 9.84 Å². The number of hydrogen-bond acceptors (Lipinski definition) is 5. The van der Waals surface area contributed by atoms with Gasteiger partial charge in [-0.05, 0) is 44.0 Å². The molecule has 0 bridgehead atoms. The van der Waals surface area contributed by atoms with Gasteiger partial charge in [0.25, 0.3) is 0 Å². The highest BCUT2D eigenvalue weighted by Crippen LogP contribution is 2.30. The Morgan fingerprint density at radius 1 is 1.29 bits per heavy atom. The molecule has 0 aliphatic heterocycles. The average molecular weight is 457 g/mol. The first-order chi connectivity index (χ1) is 14.4. The second kappa shape index (κ2) is 9.78. The van der Waals surface area contributed by atoms with Crippen LogP contribution in [0.1, 0.15) is 25.6 Å². The van der Waals surface area contributed by atoms with E-state index in [0.29, 0.717) is 6.54 Å². The van der Waals surface area contributed by atoms with Gasteiger partial charge in [-0.2, -0.15) is 13.2 Å². The Morgan fingerprint density at radius 3 is 2.48 bits per heavy atom. The molecule has 0 amide bonds. The topological polar surface area (TPSA) is 75.8 Å². The predicted octanol–water partition coefficient (Wildman–Crippen LogP) is 4.18. The van der Waals surface area contributed by atoms with Crippen LogP contribution in [0.3, 0.4) is 0 Å². The van der Waals surface area contributed by atoms with Crippen LogP contribution in [0, 0.1) is 5.92 Å². The number of allylic oxidation sites excluding steroid dienone is 2. The molecular weight excluding hydrogens is 429 g/mol. The lowest BCUT2D eigenvalue weighted by Gasteiger charge is -2.22. The standard InChI is InChI=1S/C21H27F3N4O2S/c1-14(2)20(26-4)18-12-15-6-7-16(31(5,29)30)13-17(15)28(18)11-10-27-9-8-19(25-3)21(22,23)24/h6-9,12-14,20,26H,3,10-11H2,1-2,4-5H3/b19-8-,27-9?. The smallest absolute Gasteiger partial charge is 0.341 e. The summed E-state index contributed by atoms with van der Waals surface area (Å²) in [6.07, 6.45) is -1.61. The zero-order valence-electron chi connectivity index (χ0n) is 17.9. The van der Waals surface area contributed by atoms with Gasteiger partial charge in [0.1, 0.15) is 5.70 Å². The molecule has 1 aromatic carbocycles. The molecule has 10 heteroatoms. The Balaban J connectivity index is 2.44. The molecule has 1 N–H and O–H groups in total. The van der Waals surface area contributed by atoms with Crippen molar-refractivity contribution in [2.45, 2.75) is 37.5 Å². The highest BCUT2D eigenvalue weighted by atomic mass is 32.2.